The Morgan fingerprint density at radius 1 is 0.420 bits per heavy atom. The maximum atomic E-state index is 7.76. The van der Waals surface area contributed by atoms with E-state index in [2.05, 4.69) is 188 Å². The van der Waals surface area contributed by atoms with Crippen molar-refractivity contribution in [2.75, 3.05) is 9.80 Å². The first kappa shape index (κ1) is 44.3. The zero-order valence-corrected chi connectivity index (χ0v) is 45.3. The van der Waals surface area contributed by atoms with Crippen molar-refractivity contribution in [2.24, 2.45) is 0 Å². The monoisotopic (exact) mass is 913 g/mol. The van der Waals surface area contributed by atoms with Crippen molar-refractivity contribution in [3.8, 4) is 0 Å². The van der Waals surface area contributed by atoms with E-state index in [1.165, 1.54) is 139 Å². The molecule has 1 unspecified atom stereocenters. The highest BCUT2D eigenvalue weighted by Gasteiger charge is 2.56. The molecule has 13 rings (SSSR count). The fraction of sp³-hybridized carbons (Fsp3) is 0.508. The molecule has 0 radical (unpaired) electrons. The van der Waals surface area contributed by atoms with E-state index in [0.29, 0.717) is 0 Å². The van der Waals surface area contributed by atoms with Gasteiger partial charge < -0.3 is 14.2 Å². The van der Waals surface area contributed by atoms with Crippen LogP contribution in [0.2, 0.25) is 0 Å². The summed E-state index contributed by atoms with van der Waals surface area (Å²) in [4.78, 5) is 5.51. The van der Waals surface area contributed by atoms with Crippen LogP contribution in [-0.2, 0) is 43.3 Å². The molecule has 7 aliphatic rings. The number of benzene rings is 5. The van der Waals surface area contributed by atoms with Gasteiger partial charge in [-0.1, -0.05) is 128 Å². The van der Waals surface area contributed by atoms with Crippen molar-refractivity contribution in [1.82, 2.24) is 0 Å². The minimum absolute atomic E-state index is 0.0550. The quantitative estimate of drug-likeness (QED) is 0.153. The third-order valence-electron chi connectivity index (χ3n) is 20.7. The molecule has 0 saturated heterocycles. The summed E-state index contributed by atoms with van der Waals surface area (Å²) in [6.45, 7) is 42.1. The van der Waals surface area contributed by atoms with Crippen LogP contribution in [0, 0.1) is 13.8 Å². The minimum atomic E-state index is -0.132. The Hall–Kier alpha value is -4.70. The third-order valence-corrected chi connectivity index (χ3v) is 20.7. The maximum absolute atomic E-state index is 7.76. The summed E-state index contributed by atoms with van der Waals surface area (Å²) >= 11 is 0. The molecule has 0 spiro atoms. The Morgan fingerprint density at radius 3 is 1.43 bits per heavy atom. The summed E-state index contributed by atoms with van der Waals surface area (Å²) in [7, 11) is 0. The molecule has 4 heterocycles. The van der Waals surface area contributed by atoms with E-state index in [4.69, 9.17) is 4.42 Å². The van der Waals surface area contributed by atoms with Gasteiger partial charge in [0.25, 0.3) is 6.71 Å². The van der Waals surface area contributed by atoms with Gasteiger partial charge >= 0.3 is 0 Å². The van der Waals surface area contributed by atoms with E-state index in [0.717, 1.165) is 24.1 Å². The van der Waals surface area contributed by atoms with Gasteiger partial charge in [0.05, 0.1) is 17.0 Å². The molecule has 1 atom stereocenters. The zero-order valence-electron chi connectivity index (χ0n) is 45.3. The third kappa shape index (κ3) is 5.59. The van der Waals surface area contributed by atoms with Crippen LogP contribution in [0.5, 0.6) is 0 Å². The highest BCUT2D eigenvalue weighted by atomic mass is 16.3. The van der Waals surface area contributed by atoms with Crippen molar-refractivity contribution in [3.05, 3.63) is 122 Å². The van der Waals surface area contributed by atoms with E-state index >= 15 is 0 Å². The second kappa shape index (κ2) is 13.0. The van der Waals surface area contributed by atoms with Crippen LogP contribution in [0.25, 0.3) is 11.0 Å². The molecule has 356 valence electrons. The largest absolute Gasteiger partial charge is 0.468 e. The van der Waals surface area contributed by atoms with Gasteiger partial charge in [-0.05, 0) is 212 Å². The van der Waals surface area contributed by atoms with Crippen LogP contribution >= 0.6 is 0 Å². The molecule has 0 saturated carbocycles. The standard InChI is InChI=1S/C65H77BN2O/c1-36-28-50-54-51(29-36)68-49-34-44-42(61(9,10)22-24-63(44,13)14)32-46(49)65(17)27-26-58(3,4)39-18-19-47(56(68)53(39)65)66(54)57-55(38-31-41-45(35-52(38)69-57)64(15,16)25-21-60(41,7)8)67(50)48-33-43-40(30-37(48)2)59(5,6)20-23-62(43,11)12/h18-19,28-35H,20-27H2,1-17H3. The van der Waals surface area contributed by atoms with Crippen LogP contribution in [0.1, 0.15) is 216 Å². The summed E-state index contributed by atoms with van der Waals surface area (Å²) in [6, 6.07) is 25.9. The Labute approximate surface area is 414 Å². The smallest absolute Gasteiger partial charge is 0.297 e. The SMILES string of the molecule is Cc1cc2c3c(c1)N(c1cc4c(cc1C)C(C)(C)CCC4(C)C)c1c(oc4cc5c(cc14)C(C)(C)CCC5(C)C)B3c1ccc3c4c1N2c1cc2c(cc1C4(C)CCC3(C)C)C(C)(C)CCC2(C)C. The van der Waals surface area contributed by atoms with Crippen molar-refractivity contribution in [1.29, 1.82) is 0 Å². The molecular weight excluding hydrogens is 836 g/mol. The van der Waals surface area contributed by atoms with E-state index < -0.39 is 0 Å². The van der Waals surface area contributed by atoms with Gasteiger partial charge in [-0.3, -0.25) is 0 Å². The van der Waals surface area contributed by atoms with Crippen molar-refractivity contribution in [3.63, 3.8) is 0 Å². The molecular formula is C65H77BN2O. The first-order valence-electron chi connectivity index (χ1n) is 27.0. The Balaban J connectivity index is 1.18. The first-order chi connectivity index (χ1) is 32.1. The van der Waals surface area contributed by atoms with Crippen LogP contribution in [0.3, 0.4) is 0 Å². The maximum Gasteiger partial charge on any atom is 0.297 e. The lowest BCUT2D eigenvalue weighted by molar-refractivity contribution is 0.327. The summed E-state index contributed by atoms with van der Waals surface area (Å²) in [5.74, 6) is 0. The highest BCUT2D eigenvalue weighted by Crippen LogP contribution is 2.63. The van der Waals surface area contributed by atoms with E-state index in [9.17, 15) is 0 Å². The Bertz CT molecular complexity index is 3330. The summed E-state index contributed by atoms with van der Waals surface area (Å²) < 4.78 is 7.76. The molecule has 0 fully saturated rings. The number of furan rings is 1. The van der Waals surface area contributed by atoms with Crippen LogP contribution in [-0.4, -0.2) is 6.71 Å². The fourth-order valence-corrected chi connectivity index (χ4v) is 15.7. The summed E-state index contributed by atoms with van der Waals surface area (Å²) in [6.07, 6.45) is 9.43. The molecule has 5 aromatic carbocycles. The summed E-state index contributed by atoms with van der Waals surface area (Å²) in [5, 5.41) is 1.25. The average Bonchev–Trinajstić information content (AvgIpc) is 3.64. The van der Waals surface area contributed by atoms with Gasteiger partial charge in [0, 0.05) is 33.6 Å². The zero-order chi connectivity index (χ0) is 48.9. The first-order valence-corrected chi connectivity index (χ1v) is 27.0. The highest BCUT2D eigenvalue weighted by molar-refractivity contribution is 7.00. The molecule has 69 heavy (non-hydrogen) atoms. The van der Waals surface area contributed by atoms with Gasteiger partial charge in [0.2, 0.25) is 0 Å². The molecule has 4 aliphatic carbocycles. The minimum Gasteiger partial charge on any atom is -0.468 e. The van der Waals surface area contributed by atoms with Crippen molar-refractivity contribution in [2.45, 2.75) is 212 Å². The second-order valence-corrected chi connectivity index (χ2v) is 28.6. The van der Waals surface area contributed by atoms with Crippen LogP contribution in [0.4, 0.5) is 34.1 Å². The second-order valence-electron chi connectivity index (χ2n) is 28.6. The molecule has 0 amide bonds. The number of aryl methyl sites for hydroxylation is 2. The lowest BCUT2D eigenvalue weighted by Gasteiger charge is -2.55. The number of rotatable bonds is 1. The molecule has 0 N–H and O–H groups in total. The fourth-order valence-electron chi connectivity index (χ4n) is 15.7. The number of hydrogen-bond donors (Lipinski definition) is 0. The molecule has 6 aromatic rings. The summed E-state index contributed by atoms with van der Waals surface area (Å²) in [5.41, 5.74) is 29.6. The number of nitrogens with zero attached hydrogens (tertiary/aromatic N) is 2. The normalized spacial score (nSPS) is 24.6. The van der Waals surface area contributed by atoms with Gasteiger partial charge in [0.15, 0.2) is 0 Å². The van der Waals surface area contributed by atoms with Gasteiger partial charge in [-0.15, -0.1) is 0 Å². The van der Waals surface area contributed by atoms with Gasteiger partial charge in [-0.25, -0.2) is 0 Å². The Morgan fingerprint density at radius 2 is 0.870 bits per heavy atom. The van der Waals surface area contributed by atoms with Crippen molar-refractivity contribution < 1.29 is 4.42 Å². The molecule has 3 nitrogen and oxygen atoms in total. The van der Waals surface area contributed by atoms with Crippen molar-refractivity contribution >= 4 is 68.4 Å². The van der Waals surface area contributed by atoms with E-state index in [1.807, 2.05) is 0 Å². The van der Waals surface area contributed by atoms with Crippen LogP contribution in [0.15, 0.2) is 65.1 Å². The molecule has 0 bridgehead atoms. The van der Waals surface area contributed by atoms with Gasteiger partial charge in [-0.2, -0.15) is 0 Å². The van der Waals surface area contributed by atoms with E-state index in [1.54, 1.807) is 11.1 Å². The topological polar surface area (TPSA) is 19.6 Å². The lowest BCUT2D eigenvalue weighted by Crippen LogP contribution is -2.62. The van der Waals surface area contributed by atoms with Crippen LogP contribution < -0.4 is 26.4 Å². The number of hydrogen-bond acceptors (Lipinski definition) is 3. The number of anilines is 6. The molecule has 1 aromatic heterocycles. The predicted octanol–water partition coefficient (Wildman–Crippen LogP) is 15.9. The number of fused-ring (bicyclic) bond motifs is 12. The predicted molar refractivity (Wildman–Crippen MR) is 294 cm³/mol. The molecule has 4 heteroatoms. The van der Waals surface area contributed by atoms with E-state index in [-0.39, 0.29) is 50.0 Å². The Kier molecular flexibility index (Phi) is 8.36. The average molecular weight is 913 g/mol. The lowest BCUT2D eigenvalue weighted by atomic mass is 9.34. The molecule has 3 aliphatic heterocycles. The van der Waals surface area contributed by atoms with Gasteiger partial charge in [0.1, 0.15) is 5.58 Å².